The molecule has 2 heterocycles. The molecule has 0 aromatic carbocycles. The Bertz CT molecular complexity index is 601. The summed E-state index contributed by atoms with van der Waals surface area (Å²) in [6.45, 7) is 1.01. The van der Waals surface area contributed by atoms with Crippen LogP contribution in [-0.2, 0) is 6.54 Å². The second kappa shape index (κ2) is 5.23. The van der Waals surface area contributed by atoms with Gasteiger partial charge in [-0.05, 0) is 43.0 Å². The van der Waals surface area contributed by atoms with E-state index in [1.54, 1.807) is 11.3 Å². The number of aromatic nitrogens is 2. The van der Waals surface area contributed by atoms with Gasteiger partial charge in [-0.3, -0.25) is 0 Å². The van der Waals surface area contributed by atoms with Gasteiger partial charge in [-0.15, -0.1) is 11.3 Å². The molecule has 112 valence electrons. The molecule has 0 amide bonds. The average Bonchev–Trinajstić information content (AvgIpc) is 3.40. The molecular formula is C16H21N3OS. The molecule has 5 heteroatoms. The third-order valence-electron chi connectivity index (χ3n) is 4.62. The van der Waals surface area contributed by atoms with Crippen molar-refractivity contribution in [3.05, 3.63) is 29.9 Å². The zero-order valence-corrected chi connectivity index (χ0v) is 12.9. The summed E-state index contributed by atoms with van der Waals surface area (Å²) in [6, 6.07) is 4.77. The van der Waals surface area contributed by atoms with Crippen LogP contribution < -0.4 is 5.32 Å². The van der Waals surface area contributed by atoms with Crippen molar-refractivity contribution < 1.29 is 5.11 Å². The molecule has 0 aliphatic heterocycles. The van der Waals surface area contributed by atoms with Gasteiger partial charge in [-0.1, -0.05) is 6.07 Å². The topological polar surface area (TPSA) is 50.1 Å². The van der Waals surface area contributed by atoms with Crippen LogP contribution in [0.1, 0.15) is 25.7 Å². The van der Waals surface area contributed by atoms with Crippen LogP contribution in [0.5, 0.6) is 0 Å². The van der Waals surface area contributed by atoms with Gasteiger partial charge < -0.3 is 15.0 Å². The Morgan fingerprint density at radius 2 is 2.24 bits per heavy atom. The Morgan fingerprint density at radius 1 is 1.38 bits per heavy atom. The summed E-state index contributed by atoms with van der Waals surface area (Å²) in [5, 5.41) is 15.9. The fourth-order valence-corrected chi connectivity index (χ4v) is 3.90. The summed E-state index contributed by atoms with van der Waals surface area (Å²) in [6.07, 6.45) is 8.84. The fourth-order valence-electron chi connectivity index (χ4n) is 3.16. The van der Waals surface area contributed by atoms with E-state index in [-0.39, 0.29) is 12.1 Å². The smallest absolute Gasteiger partial charge is 0.150 e. The Labute approximate surface area is 128 Å². The normalized spacial score (nSPS) is 21.4. The highest BCUT2D eigenvalue weighted by molar-refractivity contribution is 7.13. The van der Waals surface area contributed by atoms with Crippen molar-refractivity contribution in [3.8, 4) is 10.7 Å². The number of nitrogens with zero attached hydrogens (tertiary/aromatic N) is 2. The van der Waals surface area contributed by atoms with Gasteiger partial charge >= 0.3 is 0 Å². The maximum absolute atomic E-state index is 10.1. The first-order valence-corrected chi connectivity index (χ1v) is 8.62. The number of hydrogen-bond acceptors (Lipinski definition) is 4. The van der Waals surface area contributed by atoms with Gasteiger partial charge in [-0.25, -0.2) is 4.98 Å². The molecule has 2 aromatic heterocycles. The van der Waals surface area contributed by atoms with Crippen LogP contribution in [0.3, 0.4) is 0 Å². The summed E-state index contributed by atoms with van der Waals surface area (Å²) in [5.74, 6) is 1.61. The van der Waals surface area contributed by atoms with E-state index in [9.17, 15) is 5.11 Å². The van der Waals surface area contributed by atoms with Crippen LogP contribution in [0.2, 0.25) is 0 Å². The molecule has 2 aliphatic carbocycles. The number of nitrogens with one attached hydrogen (secondary N) is 1. The zero-order chi connectivity index (χ0) is 14.3. The number of aliphatic hydroxyl groups is 1. The second-order valence-electron chi connectivity index (χ2n) is 6.36. The van der Waals surface area contributed by atoms with Crippen molar-refractivity contribution in [2.45, 2.75) is 43.8 Å². The molecular weight excluding hydrogens is 282 g/mol. The molecule has 4 rings (SSSR count). The highest BCUT2D eigenvalue weighted by Gasteiger charge is 2.47. The molecule has 1 unspecified atom stereocenters. The first-order valence-electron chi connectivity index (χ1n) is 7.74. The standard InChI is InChI=1S/C16H21N3OS/c20-11-16(12-3-4-12,18-13-5-6-13)10-19-8-7-17-15(19)14-2-1-9-21-14/h1-2,7-9,12-13,18,20H,3-6,10-11H2. The predicted octanol–water partition coefficient (Wildman–Crippen LogP) is 2.50. The van der Waals surface area contributed by atoms with E-state index >= 15 is 0 Å². The van der Waals surface area contributed by atoms with Crippen molar-refractivity contribution in [2.75, 3.05) is 6.61 Å². The molecule has 1 atom stereocenters. The zero-order valence-electron chi connectivity index (χ0n) is 12.0. The molecule has 0 saturated heterocycles. The fraction of sp³-hybridized carbons (Fsp3) is 0.562. The Balaban J connectivity index is 1.62. The van der Waals surface area contributed by atoms with Gasteiger partial charge in [0.1, 0.15) is 5.82 Å². The lowest BCUT2D eigenvalue weighted by molar-refractivity contribution is 0.120. The predicted molar refractivity (Wildman–Crippen MR) is 84.2 cm³/mol. The van der Waals surface area contributed by atoms with E-state index in [1.165, 1.54) is 30.6 Å². The monoisotopic (exact) mass is 303 g/mol. The lowest BCUT2D eigenvalue weighted by Crippen LogP contribution is -2.54. The number of hydrogen-bond donors (Lipinski definition) is 2. The van der Waals surface area contributed by atoms with E-state index in [1.807, 2.05) is 12.4 Å². The van der Waals surface area contributed by atoms with E-state index in [4.69, 9.17) is 0 Å². The lowest BCUT2D eigenvalue weighted by Gasteiger charge is -2.34. The minimum atomic E-state index is -0.173. The van der Waals surface area contributed by atoms with Gasteiger partial charge in [0.2, 0.25) is 0 Å². The minimum absolute atomic E-state index is 0.173. The molecule has 2 aliphatic rings. The van der Waals surface area contributed by atoms with Gasteiger partial charge in [0, 0.05) is 25.0 Å². The third-order valence-corrected chi connectivity index (χ3v) is 5.49. The molecule has 2 fully saturated rings. The van der Waals surface area contributed by atoms with Crippen molar-refractivity contribution in [3.63, 3.8) is 0 Å². The molecule has 2 N–H and O–H groups in total. The maximum Gasteiger partial charge on any atom is 0.150 e. The summed E-state index contributed by atoms with van der Waals surface area (Å²) in [7, 11) is 0. The molecule has 2 saturated carbocycles. The quantitative estimate of drug-likeness (QED) is 0.826. The third kappa shape index (κ3) is 2.65. The molecule has 4 nitrogen and oxygen atoms in total. The average molecular weight is 303 g/mol. The molecule has 0 spiro atoms. The first kappa shape index (κ1) is 13.5. The molecule has 21 heavy (non-hydrogen) atoms. The lowest BCUT2D eigenvalue weighted by atomic mass is 9.93. The SMILES string of the molecule is OCC(Cn1ccnc1-c1cccs1)(NC1CC1)C1CC1. The number of imidazole rings is 1. The summed E-state index contributed by atoms with van der Waals surface area (Å²) in [4.78, 5) is 5.70. The van der Waals surface area contributed by atoms with Crippen molar-refractivity contribution >= 4 is 11.3 Å². The van der Waals surface area contributed by atoms with Crippen molar-refractivity contribution in [1.82, 2.24) is 14.9 Å². The number of thiophene rings is 1. The summed E-state index contributed by atoms with van der Waals surface area (Å²) < 4.78 is 2.20. The van der Waals surface area contributed by atoms with Crippen LogP contribution >= 0.6 is 11.3 Å². The first-order chi connectivity index (χ1) is 10.3. The minimum Gasteiger partial charge on any atom is -0.394 e. The second-order valence-corrected chi connectivity index (χ2v) is 7.31. The van der Waals surface area contributed by atoms with Crippen molar-refractivity contribution in [2.24, 2.45) is 5.92 Å². The Hall–Kier alpha value is -1.17. The Morgan fingerprint density at radius 3 is 2.86 bits per heavy atom. The van der Waals surface area contributed by atoms with Crippen LogP contribution in [-0.4, -0.2) is 32.8 Å². The van der Waals surface area contributed by atoms with Crippen LogP contribution in [0, 0.1) is 5.92 Å². The maximum atomic E-state index is 10.1. The number of aliphatic hydroxyl groups excluding tert-OH is 1. The molecule has 2 aromatic rings. The van der Waals surface area contributed by atoms with Gasteiger partial charge in [0.25, 0.3) is 0 Å². The summed E-state index contributed by atoms with van der Waals surface area (Å²) >= 11 is 1.71. The van der Waals surface area contributed by atoms with Gasteiger partial charge in [0.05, 0.1) is 17.0 Å². The highest BCUT2D eigenvalue weighted by Crippen LogP contribution is 2.42. The van der Waals surface area contributed by atoms with Crippen molar-refractivity contribution in [1.29, 1.82) is 0 Å². The van der Waals surface area contributed by atoms with E-state index in [2.05, 4.69) is 32.4 Å². The van der Waals surface area contributed by atoms with Gasteiger partial charge in [-0.2, -0.15) is 0 Å². The number of rotatable bonds is 7. The van der Waals surface area contributed by atoms with E-state index < -0.39 is 0 Å². The Kier molecular flexibility index (Phi) is 3.36. The van der Waals surface area contributed by atoms with Gasteiger partial charge in [0.15, 0.2) is 0 Å². The van der Waals surface area contributed by atoms with Crippen LogP contribution in [0.4, 0.5) is 0 Å². The molecule has 0 radical (unpaired) electrons. The largest absolute Gasteiger partial charge is 0.394 e. The summed E-state index contributed by atoms with van der Waals surface area (Å²) in [5.41, 5.74) is -0.173. The van der Waals surface area contributed by atoms with Crippen LogP contribution in [0.15, 0.2) is 29.9 Å². The molecule has 0 bridgehead atoms. The highest BCUT2D eigenvalue weighted by atomic mass is 32.1. The van der Waals surface area contributed by atoms with Crippen LogP contribution in [0.25, 0.3) is 10.7 Å². The van der Waals surface area contributed by atoms with E-state index in [0.29, 0.717) is 12.0 Å². The van der Waals surface area contributed by atoms with E-state index in [0.717, 1.165) is 12.4 Å².